The fourth-order valence-corrected chi connectivity index (χ4v) is 3.82. The van der Waals surface area contributed by atoms with Crippen molar-refractivity contribution >= 4 is 22.9 Å². The maximum Gasteiger partial charge on any atom is 0.227 e. The number of aromatic amines is 1. The summed E-state index contributed by atoms with van der Waals surface area (Å²) in [7, 11) is 0. The third-order valence-corrected chi connectivity index (χ3v) is 5.35. The summed E-state index contributed by atoms with van der Waals surface area (Å²) in [5.41, 5.74) is 3.30. The van der Waals surface area contributed by atoms with Crippen LogP contribution in [0, 0.1) is 0 Å². The largest absolute Gasteiger partial charge is 0.365 e. The number of fused-ring (bicyclic) bond motifs is 1. The van der Waals surface area contributed by atoms with E-state index >= 15 is 0 Å². The van der Waals surface area contributed by atoms with E-state index in [2.05, 4.69) is 35.8 Å². The second-order valence-electron chi connectivity index (χ2n) is 7.32. The normalized spacial score (nSPS) is 20.4. The SMILES string of the molecule is c1cc2nc(-c3cnc(N4CCNCC4)nc3N[C@H]3CCCNC3)cnc2[nH]1. The molecular weight excluding hydrogens is 354 g/mol. The Morgan fingerprint density at radius 3 is 2.82 bits per heavy atom. The Morgan fingerprint density at radius 1 is 1.04 bits per heavy atom. The van der Waals surface area contributed by atoms with Crippen LogP contribution in [0.2, 0.25) is 0 Å². The zero-order valence-corrected chi connectivity index (χ0v) is 15.8. The predicted molar refractivity (Wildman–Crippen MR) is 110 cm³/mol. The third kappa shape index (κ3) is 3.50. The molecule has 1 atom stereocenters. The smallest absolute Gasteiger partial charge is 0.227 e. The molecule has 5 rings (SSSR count). The maximum atomic E-state index is 4.91. The van der Waals surface area contributed by atoms with E-state index in [0.29, 0.717) is 6.04 Å². The van der Waals surface area contributed by atoms with Crippen molar-refractivity contribution in [2.45, 2.75) is 18.9 Å². The van der Waals surface area contributed by atoms with E-state index < -0.39 is 0 Å². The Bertz CT molecular complexity index is 941. The molecule has 0 aliphatic carbocycles. The molecular formula is C19H25N9. The predicted octanol–water partition coefficient (Wildman–Crippen LogP) is 0.988. The average molecular weight is 379 g/mol. The summed E-state index contributed by atoms with van der Waals surface area (Å²) in [5, 5.41) is 10.5. The van der Waals surface area contributed by atoms with Crippen LogP contribution in [0.25, 0.3) is 22.4 Å². The number of hydrogen-bond donors (Lipinski definition) is 4. The first kappa shape index (κ1) is 17.3. The molecule has 0 spiro atoms. The fourth-order valence-electron chi connectivity index (χ4n) is 3.82. The highest BCUT2D eigenvalue weighted by Crippen LogP contribution is 2.28. The van der Waals surface area contributed by atoms with Gasteiger partial charge in [0.25, 0.3) is 0 Å². The van der Waals surface area contributed by atoms with Gasteiger partial charge in [-0.15, -0.1) is 0 Å². The lowest BCUT2D eigenvalue weighted by Crippen LogP contribution is -2.44. The van der Waals surface area contributed by atoms with Crippen molar-refractivity contribution in [3.8, 4) is 11.3 Å². The molecule has 28 heavy (non-hydrogen) atoms. The third-order valence-electron chi connectivity index (χ3n) is 5.35. The molecule has 0 unspecified atom stereocenters. The topological polar surface area (TPSA) is 107 Å². The Hall–Kier alpha value is -2.78. The van der Waals surface area contributed by atoms with Gasteiger partial charge in [-0.05, 0) is 25.5 Å². The van der Waals surface area contributed by atoms with Gasteiger partial charge in [-0.3, -0.25) is 0 Å². The quantitative estimate of drug-likeness (QED) is 0.532. The van der Waals surface area contributed by atoms with E-state index in [0.717, 1.165) is 86.3 Å². The molecule has 0 amide bonds. The van der Waals surface area contributed by atoms with E-state index in [4.69, 9.17) is 9.97 Å². The lowest BCUT2D eigenvalue weighted by Gasteiger charge is -2.29. The van der Waals surface area contributed by atoms with Crippen LogP contribution in [0.3, 0.4) is 0 Å². The Kier molecular flexibility index (Phi) is 4.76. The van der Waals surface area contributed by atoms with Gasteiger partial charge >= 0.3 is 0 Å². The number of hydrogen-bond acceptors (Lipinski definition) is 8. The van der Waals surface area contributed by atoms with Crippen LogP contribution in [-0.2, 0) is 0 Å². The van der Waals surface area contributed by atoms with Crippen molar-refractivity contribution in [2.24, 2.45) is 0 Å². The van der Waals surface area contributed by atoms with Crippen molar-refractivity contribution < 1.29 is 0 Å². The number of aromatic nitrogens is 5. The minimum atomic E-state index is 0.349. The van der Waals surface area contributed by atoms with Gasteiger partial charge in [0.2, 0.25) is 5.95 Å². The molecule has 2 aliphatic rings. The number of anilines is 2. The molecule has 0 aromatic carbocycles. The van der Waals surface area contributed by atoms with Gasteiger partial charge in [-0.25, -0.2) is 15.0 Å². The van der Waals surface area contributed by atoms with Gasteiger partial charge in [0.15, 0.2) is 5.65 Å². The first-order valence-electron chi connectivity index (χ1n) is 9.97. The van der Waals surface area contributed by atoms with E-state index in [1.807, 2.05) is 18.5 Å². The number of nitrogens with one attached hydrogen (secondary N) is 4. The van der Waals surface area contributed by atoms with Crippen LogP contribution < -0.4 is 20.9 Å². The highest BCUT2D eigenvalue weighted by molar-refractivity contribution is 5.78. The van der Waals surface area contributed by atoms with Gasteiger partial charge in [-0.2, -0.15) is 4.98 Å². The van der Waals surface area contributed by atoms with Crippen LogP contribution in [0.4, 0.5) is 11.8 Å². The van der Waals surface area contributed by atoms with Crippen molar-refractivity contribution in [3.05, 3.63) is 24.7 Å². The Morgan fingerprint density at radius 2 is 1.96 bits per heavy atom. The molecule has 3 aromatic rings. The summed E-state index contributed by atoms with van der Waals surface area (Å²) in [4.78, 5) is 24.1. The zero-order valence-electron chi connectivity index (χ0n) is 15.8. The standard InChI is InChI=1S/C19H25N9/c1-2-13(10-21-4-1)25-17-14(16-12-23-18-15(26-16)3-5-22-18)11-24-19(27-17)28-8-6-20-7-9-28/h3,5,11-13,20-21H,1-2,4,6-10H2,(H,22,23)(H,24,25,27)/t13-/m0/s1. The zero-order chi connectivity index (χ0) is 18.8. The molecule has 3 aromatic heterocycles. The maximum absolute atomic E-state index is 4.91. The van der Waals surface area contributed by atoms with Gasteiger partial charge < -0.3 is 25.8 Å². The van der Waals surface area contributed by atoms with Gasteiger partial charge in [0, 0.05) is 51.2 Å². The summed E-state index contributed by atoms with van der Waals surface area (Å²) >= 11 is 0. The first-order chi connectivity index (χ1) is 13.9. The number of nitrogens with zero attached hydrogens (tertiary/aromatic N) is 5. The second-order valence-corrected chi connectivity index (χ2v) is 7.32. The minimum absolute atomic E-state index is 0.349. The number of H-pyrrole nitrogens is 1. The van der Waals surface area contributed by atoms with Crippen molar-refractivity contribution in [1.82, 2.24) is 35.6 Å². The van der Waals surface area contributed by atoms with Crippen LogP contribution in [-0.4, -0.2) is 70.2 Å². The van der Waals surface area contributed by atoms with Crippen LogP contribution in [0.15, 0.2) is 24.7 Å². The second kappa shape index (κ2) is 7.69. The molecule has 0 bridgehead atoms. The monoisotopic (exact) mass is 379 g/mol. The van der Waals surface area contributed by atoms with Crippen molar-refractivity contribution in [1.29, 1.82) is 0 Å². The minimum Gasteiger partial charge on any atom is -0.365 e. The fraction of sp³-hybridized carbons (Fsp3) is 0.474. The van der Waals surface area contributed by atoms with E-state index in [9.17, 15) is 0 Å². The molecule has 0 radical (unpaired) electrons. The van der Waals surface area contributed by atoms with Gasteiger partial charge in [0.05, 0.1) is 17.5 Å². The Labute approximate surface area is 163 Å². The highest BCUT2D eigenvalue weighted by atomic mass is 15.3. The molecule has 2 fully saturated rings. The van der Waals surface area contributed by atoms with Crippen molar-refractivity contribution in [2.75, 3.05) is 49.5 Å². The van der Waals surface area contributed by atoms with Crippen LogP contribution >= 0.6 is 0 Å². The number of piperazine rings is 1. The summed E-state index contributed by atoms with van der Waals surface area (Å²) in [6, 6.07) is 2.28. The summed E-state index contributed by atoms with van der Waals surface area (Å²) in [6.07, 6.45) is 7.81. The summed E-state index contributed by atoms with van der Waals surface area (Å²) < 4.78 is 0. The molecule has 2 aliphatic heterocycles. The average Bonchev–Trinajstić information content (AvgIpc) is 3.23. The number of piperidine rings is 1. The van der Waals surface area contributed by atoms with Crippen LogP contribution in [0.5, 0.6) is 0 Å². The molecule has 146 valence electrons. The molecule has 2 saturated heterocycles. The first-order valence-corrected chi connectivity index (χ1v) is 9.97. The lowest BCUT2D eigenvalue weighted by atomic mass is 10.1. The molecule has 9 nitrogen and oxygen atoms in total. The molecule has 0 saturated carbocycles. The number of rotatable bonds is 4. The van der Waals surface area contributed by atoms with Crippen LogP contribution in [0.1, 0.15) is 12.8 Å². The summed E-state index contributed by atoms with van der Waals surface area (Å²) in [5.74, 6) is 1.61. The van der Waals surface area contributed by atoms with E-state index in [1.54, 1.807) is 6.20 Å². The van der Waals surface area contributed by atoms with E-state index in [-0.39, 0.29) is 0 Å². The van der Waals surface area contributed by atoms with Crippen molar-refractivity contribution in [3.63, 3.8) is 0 Å². The highest BCUT2D eigenvalue weighted by Gasteiger charge is 2.20. The Balaban J connectivity index is 1.51. The molecule has 9 heteroatoms. The van der Waals surface area contributed by atoms with E-state index in [1.165, 1.54) is 0 Å². The summed E-state index contributed by atoms with van der Waals surface area (Å²) in [6.45, 7) is 5.76. The molecule has 4 N–H and O–H groups in total. The lowest BCUT2D eigenvalue weighted by molar-refractivity contribution is 0.479. The van der Waals surface area contributed by atoms with Gasteiger partial charge in [0.1, 0.15) is 11.3 Å². The molecule has 5 heterocycles. The van der Waals surface area contributed by atoms with Gasteiger partial charge in [-0.1, -0.05) is 0 Å².